The van der Waals surface area contributed by atoms with Crippen molar-refractivity contribution in [2.45, 2.75) is 45.6 Å². The van der Waals surface area contributed by atoms with Gasteiger partial charge in [-0.25, -0.2) is 4.79 Å². The maximum absolute atomic E-state index is 12.2. The van der Waals surface area contributed by atoms with E-state index in [4.69, 9.17) is 4.74 Å². The summed E-state index contributed by atoms with van der Waals surface area (Å²) in [5, 5.41) is 12.1. The molecule has 1 aliphatic rings. The van der Waals surface area contributed by atoms with Crippen LogP contribution in [0.5, 0.6) is 5.75 Å². The van der Waals surface area contributed by atoms with E-state index in [1.807, 2.05) is 39.1 Å². The van der Waals surface area contributed by atoms with Gasteiger partial charge in [0.2, 0.25) is 0 Å². The third kappa shape index (κ3) is 4.87. The van der Waals surface area contributed by atoms with E-state index >= 15 is 0 Å². The summed E-state index contributed by atoms with van der Waals surface area (Å²) >= 11 is 0. The van der Waals surface area contributed by atoms with Gasteiger partial charge in [0.25, 0.3) is 0 Å². The number of aliphatic hydroxyl groups is 1. The van der Waals surface area contributed by atoms with Crippen LogP contribution in [0, 0.1) is 19.8 Å². The molecule has 0 heterocycles. The summed E-state index contributed by atoms with van der Waals surface area (Å²) in [6, 6.07) is 6.29. The first-order chi connectivity index (χ1) is 11.5. The van der Waals surface area contributed by atoms with Gasteiger partial charge in [-0.3, -0.25) is 0 Å². The minimum absolute atomic E-state index is 0.0486. The SMILES string of the molecule is Cc1cccc(C)c1OCCNC(=O)N(C)C1CCC(CO)CC1. The molecular weight excluding hydrogens is 304 g/mol. The second-order valence-corrected chi connectivity index (χ2v) is 6.77. The fourth-order valence-electron chi connectivity index (χ4n) is 3.34. The van der Waals surface area contributed by atoms with Gasteiger partial charge in [-0.2, -0.15) is 0 Å². The maximum Gasteiger partial charge on any atom is 0.317 e. The molecule has 2 amide bonds. The molecule has 0 bridgehead atoms. The number of nitrogens with one attached hydrogen (secondary N) is 1. The summed E-state index contributed by atoms with van der Waals surface area (Å²) in [7, 11) is 1.85. The molecule has 0 aliphatic heterocycles. The third-order valence-corrected chi connectivity index (χ3v) is 4.98. The Morgan fingerprint density at radius 3 is 2.46 bits per heavy atom. The van der Waals surface area contributed by atoms with Gasteiger partial charge in [0, 0.05) is 19.7 Å². The van der Waals surface area contributed by atoms with Crippen molar-refractivity contribution < 1.29 is 14.6 Å². The van der Waals surface area contributed by atoms with Crippen molar-refractivity contribution in [1.29, 1.82) is 0 Å². The number of carbonyl (C=O) groups is 1. The molecule has 24 heavy (non-hydrogen) atoms. The number of hydrogen-bond donors (Lipinski definition) is 2. The van der Waals surface area contributed by atoms with Crippen LogP contribution < -0.4 is 10.1 Å². The Kier molecular flexibility index (Phi) is 6.91. The van der Waals surface area contributed by atoms with Gasteiger partial charge >= 0.3 is 6.03 Å². The van der Waals surface area contributed by atoms with Crippen LogP contribution in [-0.2, 0) is 0 Å². The van der Waals surface area contributed by atoms with Crippen molar-refractivity contribution in [3.05, 3.63) is 29.3 Å². The van der Waals surface area contributed by atoms with Crippen molar-refractivity contribution in [2.24, 2.45) is 5.92 Å². The molecule has 2 rings (SSSR count). The molecule has 0 radical (unpaired) electrons. The Balaban J connectivity index is 1.71. The lowest BCUT2D eigenvalue weighted by molar-refractivity contribution is 0.133. The number of nitrogens with zero attached hydrogens (tertiary/aromatic N) is 1. The minimum atomic E-state index is -0.0486. The van der Waals surface area contributed by atoms with Crippen LogP contribution in [0.2, 0.25) is 0 Å². The quantitative estimate of drug-likeness (QED) is 0.787. The monoisotopic (exact) mass is 334 g/mol. The van der Waals surface area contributed by atoms with Crippen LogP contribution in [0.1, 0.15) is 36.8 Å². The Hall–Kier alpha value is -1.75. The second kappa shape index (κ2) is 8.92. The highest BCUT2D eigenvalue weighted by molar-refractivity contribution is 5.74. The minimum Gasteiger partial charge on any atom is -0.491 e. The molecule has 5 heteroatoms. The van der Waals surface area contributed by atoms with E-state index in [0.29, 0.717) is 19.1 Å². The zero-order valence-electron chi connectivity index (χ0n) is 15.0. The number of para-hydroxylation sites is 1. The number of benzene rings is 1. The molecule has 0 atom stereocenters. The van der Waals surface area contributed by atoms with Crippen molar-refractivity contribution in [3.8, 4) is 5.75 Å². The summed E-state index contributed by atoms with van der Waals surface area (Å²) in [6.07, 6.45) is 3.92. The Morgan fingerprint density at radius 2 is 1.88 bits per heavy atom. The molecule has 5 nitrogen and oxygen atoms in total. The number of aryl methyl sites for hydroxylation is 2. The summed E-state index contributed by atoms with van der Waals surface area (Å²) in [5.41, 5.74) is 2.22. The largest absolute Gasteiger partial charge is 0.491 e. The van der Waals surface area contributed by atoms with Crippen LogP contribution in [0.25, 0.3) is 0 Å². The molecule has 0 aromatic heterocycles. The maximum atomic E-state index is 12.2. The van der Waals surface area contributed by atoms with E-state index in [-0.39, 0.29) is 18.7 Å². The predicted octanol–water partition coefficient (Wildman–Crippen LogP) is 2.87. The van der Waals surface area contributed by atoms with Gasteiger partial charge in [-0.1, -0.05) is 18.2 Å². The Labute approximate surface area is 145 Å². The van der Waals surface area contributed by atoms with Crippen LogP contribution in [-0.4, -0.2) is 48.9 Å². The topological polar surface area (TPSA) is 61.8 Å². The molecule has 0 saturated heterocycles. The normalized spacial score (nSPS) is 20.5. The van der Waals surface area contributed by atoms with E-state index < -0.39 is 0 Å². The van der Waals surface area contributed by atoms with Crippen LogP contribution in [0.4, 0.5) is 4.79 Å². The Bertz CT molecular complexity index is 519. The predicted molar refractivity (Wildman–Crippen MR) is 95.4 cm³/mol. The molecule has 134 valence electrons. The summed E-state index contributed by atoms with van der Waals surface area (Å²) in [5.74, 6) is 1.31. The first kappa shape index (κ1) is 18.6. The molecule has 1 aromatic carbocycles. The Morgan fingerprint density at radius 1 is 1.25 bits per heavy atom. The van der Waals surface area contributed by atoms with Crippen molar-refractivity contribution >= 4 is 6.03 Å². The van der Waals surface area contributed by atoms with Gasteiger partial charge < -0.3 is 20.1 Å². The number of rotatable bonds is 6. The molecule has 1 fully saturated rings. The first-order valence-electron chi connectivity index (χ1n) is 8.83. The molecule has 0 spiro atoms. The summed E-state index contributed by atoms with van der Waals surface area (Å²) in [4.78, 5) is 14.0. The molecule has 2 N–H and O–H groups in total. The molecule has 0 unspecified atom stereocenters. The zero-order chi connectivity index (χ0) is 17.5. The highest BCUT2D eigenvalue weighted by Gasteiger charge is 2.25. The van der Waals surface area contributed by atoms with Crippen LogP contribution >= 0.6 is 0 Å². The third-order valence-electron chi connectivity index (χ3n) is 4.98. The van der Waals surface area contributed by atoms with E-state index in [2.05, 4.69) is 5.32 Å². The van der Waals surface area contributed by atoms with Crippen LogP contribution in [0.15, 0.2) is 18.2 Å². The fourth-order valence-corrected chi connectivity index (χ4v) is 3.34. The average Bonchev–Trinajstić information content (AvgIpc) is 2.60. The number of aliphatic hydroxyl groups excluding tert-OH is 1. The van der Waals surface area contributed by atoms with Gasteiger partial charge in [0.15, 0.2) is 0 Å². The van der Waals surface area contributed by atoms with E-state index in [0.717, 1.165) is 42.6 Å². The lowest BCUT2D eigenvalue weighted by atomic mass is 9.86. The number of ether oxygens (including phenoxy) is 1. The zero-order valence-corrected chi connectivity index (χ0v) is 15.0. The summed E-state index contributed by atoms with van der Waals surface area (Å²) in [6.45, 7) is 5.26. The van der Waals surface area contributed by atoms with Gasteiger partial charge in [-0.05, 0) is 56.6 Å². The number of amides is 2. The van der Waals surface area contributed by atoms with E-state index in [1.165, 1.54) is 0 Å². The van der Waals surface area contributed by atoms with Crippen molar-refractivity contribution in [3.63, 3.8) is 0 Å². The van der Waals surface area contributed by atoms with Crippen molar-refractivity contribution in [2.75, 3.05) is 26.8 Å². The van der Waals surface area contributed by atoms with Gasteiger partial charge in [0.05, 0.1) is 6.54 Å². The highest BCUT2D eigenvalue weighted by atomic mass is 16.5. The fraction of sp³-hybridized carbons (Fsp3) is 0.632. The number of hydrogen-bond acceptors (Lipinski definition) is 3. The molecular formula is C19H30N2O3. The second-order valence-electron chi connectivity index (χ2n) is 6.77. The van der Waals surface area contributed by atoms with E-state index in [1.54, 1.807) is 4.90 Å². The average molecular weight is 334 g/mol. The lowest BCUT2D eigenvalue weighted by Gasteiger charge is -2.34. The number of urea groups is 1. The van der Waals surface area contributed by atoms with Gasteiger partial charge in [-0.15, -0.1) is 0 Å². The highest BCUT2D eigenvalue weighted by Crippen LogP contribution is 2.26. The van der Waals surface area contributed by atoms with Crippen LogP contribution in [0.3, 0.4) is 0 Å². The summed E-state index contributed by atoms with van der Waals surface area (Å²) < 4.78 is 5.81. The van der Waals surface area contributed by atoms with Crippen molar-refractivity contribution in [1.82, 2.24) is 10.2 Å². The molecule has 1 aromatic rings. The first-order valence-corrected chi connectivity index (χ1v) is 8.83. The smallest absolute Gasteiger partial charge is 0.317 e. The standard InChI is InChI=1S/C19H30N2O3/c1-14-5-4-6-15(2)18(14)24-12-11-20-19(23)21(3)17-9-7-16(13-22)8-10-17/h4-6,16-17,22H,7-13H2,1-3H3,(H,20,23). The van der Waals surface area contributed by atoms with Gasteiger partial charge in [0.1, 0.15) is 12.4 Å². The molecule has 1 aliphatic carbocycles. The lowest BCUT2D eigenvalue weighted by Crippen LogP contribution is -2.46. The van der Waals surface area contributed by atoms with E-state index in [9.17, 15) is 9.90 Å². The number of carbonyl (C=O) groups excluding carboxylic acids is 1. The molecule has 1 saturated carbocycles.